The van der Waals surface area contributed by atoms with Gasteiger partial charge in [-0.25, -0.2) is 0 Å². The molecule has 0 saturated carbocycles. The minimum absolute atomic E-state index is 0.104. The molecule has 0 amide bonds. The Hall–Kier alpha value is -2.36. The molecule has 82 valence electrons. The van der Waals surface area contributed by atoms with Gasteiger partial charge in [0.15, 0.2) is 0 Å². The van der Waals surface area contributed by atoms with E-state index in [2.05, 4.69) is 0 Å². The quantitative estimate of drug-likeness (QED) is 0.433. The summed E-state index contributed by atoms with van der Waals surface area (Å²) in [6.45, 7) is 0. The van der Waals surface area contributed by atoms with Gasteiger partial charge in [-0.3, -0.25) is 0 Å². The van der Waals surface area contributed by atoms with Gasteiger partial charge in [0.05, 0.1) is 0 Å². The molecular weight excluding hydrogens is 204 g/mol. The van der Waals surface area contributed by atoms with E-state index >= 15 is 0 Å². The molecule has 0 aliphatic heterocycles. The van der Waals surface area contributed by atoms with Crippen molar-refractivity contribution in [3.05, 3.63) is 36.4 Å². The van der Waals surface area contributed by atoms with Crippen LogP contribution in [-0.4, -0.2) is 10.2 Å². The molecule has 0 aromatic heterocycles. The summed E-state index contributed by atoms with van der Waals surface area (Å²) in [7, 11) is 0. The molecule has 0 saturated heterocycles. The van der Waals surface area contributed by atoms with Crippen molar-refractivity contribution in [1.29, 1.82) is 0 Å². The third-order valence-corrected chi connectivity index (χ3v) is 2.36. The van der Waals surface area contributed by atoms with E-state index in [1.54, 1.807) is 12.1 Å². The van der Waals surface area contributed by atoms with E-state index in [9.17, 15) is 10.2 Å². The Morgan fingerprint density at radius 2 is 1.06 bits per heavy atom. The van der Waals surface area contributed by atoms with Crippen molar-refractivity contribution in [3.8, 4) is 22.6 Å². The minimum atomic E-state index is 0.104. The molecule has 2 aromatic carbocycles. The molecular formula is C12H12N2O2. The first-order valence-corrected chi connectivity index (χ1v) is 4.75. The molecule has 6 N–H and O–H groups in total. The SMILES string of the molecule is Nc1ccc(O)cc1-c1cc(O)ccc1N. The second-order valence-corrected chi connectivity index (χ2v) is 3.54. The minimum Gasteiger partial charge on any atom is -0.508 e. The van der Waals surface area contributed by atoms with Crippen molar-refractivity contribution in [1.82, 2.24) is 0 Å². The Bertz CT molecular complexity index is 489. The number of nitrogens with two attached hydrogens (primary N) is 2. The van der Waals surface area contributed by atoms with E-state index in [0.717, 1.165) is 0 Å². The summed E-state index contributed by atoms with van der Waals surface area (Å²) in [6.07, 6.45) is 0. The average Bonchev–Trinajstić information content (AvgIpc) is 2.25. The summed E-state index contributed by atoms with van der Waals surface area (Å²) >= 11 is 0. The second-order valence-electron chi connectivity index (χ2n) is 3.54. The molecule has 0 aliphatic rings. The lowest BCUT2D eigenvalue weighted by Gasteiger charge is -2.09. The van der Waals surface area contributed by atoms with Crippen molar-refractivity contribution in [2.75, 3.05) is 11.5 Å². The maximum atomic E-state index is 9.40. The Kier molecular flexibility index (Phi) is 2.32. The van der Waals surface area contributed by atoms with Gasteiger partial charge in [-0.15, -0.1) is 0 Å². The fourth-order valence-corrected chi connectivity index (χ4v) is 1.56. The van der Waals surface area contributed by atoms with E-state index < -0.39 is 0 Å². The van der Waals surface area contributed by atoms with Gasteiger partial charge in [0, 0.05) is 22.5 Å². The first-order valence-electron chi connectivity index (χ1n) is 4.75. The first-order chi connectivity index (χ1) is 7.58. The van der Waals surface area contributed by atoms with Crippen LogP contribution in [0.1, 0.15) is 0 Å². The van der Waals surface area contributed by atoms with E-state index in [1.807, 2.05) is 0 Å². The molecule has 4 nitrogen and oxygen atoms in total. The van der Waals surface area contributed by atoms with Crippen molar-refractivity contribution in [2.45, 2.75) is 0 Å². The molecule has 0 radical (unpaired) electrons. The molecule has 0 spiro atoms. The molecule has 4 heteroatoms. The van der Waals surface area contributed by atoms with Gasteiger partial charge >= 0.3 is 0 Å². The van der Waals surface area contributed by atoms with Crippen molar-refractivity contribution < 1.29 is 10.2 Å². The van der Waals surface area contributed by atoms with Crippen LogP contribution in [0, 0.1) is 0 Å². The summed E-state index contributed by atoms with van der Waals surface area (Å²) in [4.78, 5) is 0. The average molecular weight is 216 g/mol. The molecule has 0 fully saturated rings. The number of anilines is 2. The Balaban J connectivity index is 2.66. The van der Waals surface area contributed by atoms with Crippen molar-refractivity contribution in [2.24, 2.45) is 0 Å². The number of phenols is 2. The predicted molar refractivity (Wildman–Crippen MR) is 64.0 cm³/mol. The summed E-state index contributed by atoms with van der Waals surface area (Å²) in [5.74, 6) is 0.207. The lowest BCUT2D eigenvalue weighted by Crippen LogP contribution is -1.94. The highest BCUT2D eigenvalue weighted by Crippen LogP contribution is 2.35. The van der Waals surface area contributed by atoms with Crippen LogP contribution < -0.4 is 11.5 Å². The molecule has 0 bridgehead atoms. The van der Waals surface area contributed by atoms with Crippen LogP contribution in [0.4, 0.5) is 11.4 Å². The largest absolute Gasteiger partial charge is 0.508 e. The van der Waals surface area contributed by atoms with Crippen molar-refractivity contribution in [3.63, 3.8) is 0 Å². The normalized spacial score (nSPS) is 10.2. The number of hydrogen-bond acceptors (Lipinski definition) is 4. The molecule has 0 heterocycles. The van der Waals surface area contributed by atoms with E-state index in [0.29, 0.717) is 22.5 Å². The van der Waals surface area contributed by atoms with Gasteiger partial charge in [0.2, 0.25) is 0 Å². The highest BCUT2D eigenvalue weighted by molar-refractivity contribution is 5.85. The Morgan fingerprint density at radius 3 is 1.44 bits per heavy atom. The van der Waals surface area contributed by atoms with Crippen LogP contribution in [-0.2, 0) is 0 Å². The Morgan fingerprint density at radius 1 is 0.688 bits per heavy atom. The van der Waals surface area contributed by atoms with E-state index in [1.165, 1.54) is 24.3 Å². The van der Waals surface area contributed by atoms with Crippen LogP contribution in [0.3, 0.4) is 0 Å². The third kappa shape index (κ3) is 1.72. The first kappa shape index (κ1) is 10.2. The fraction of sp³-hybridized carbons (Fsp3) is 0. The summed E-state index contributed by atoms with van der Waals surface area (Å²) < 4.78 is 0. The molecule has 2 rings (SSSR count). The zero-order valence-electron chi connectivity index (χ0n) is 8.51. The monoisotopic (exact) mass is 216 g/mol. The van der Waals surface area contributed by atoms with Gasteiger partial charge in [0.1, 0.15) is 11.5 Å². The maximum absolute atomic E-state index is 9.40. The number of benzene rings is 2. The zero-order valence-corrected chi connectivity index (χ0v) is 8.51. The van der Waals surface area contributed by atoms with Crippen LogP contribution >= 0.6 is 0 Å². The van der Waals surface area contributed by atoms with Crippen molar-refractivity contribution >= 4 is 11.4 Å². The summed E-state index contributed by atoms with van der Waals surface area (Å²) in [6, 6.07) is 9.21. The van der Waals surface area contributed by atoms with Crippen LogP contribution in [0.15, 0.2) is 36.4 Å². The number of hydrogen-bond donors (Lipinski definition) is 4. The van der Waals surface area contributed by atoms with Crippen LogP contribution in [0.25, 0.3) is 11.1 Å². The van der Waals surface area contributed by atoms with Gasteiger partial charge in [0.25, 0.3) is 0 Å². The predicted octanol–water partition coefficient (Wildman–Crippen LogP) is 1.93. The summed E-state index contributed by atoms with van der Waals surface area (Å²) in [5, 5.41) is 18.8. The second kappa shape index (κ2) is 3.66. The topological polar surface area (TPSA) is 92.5 Å². The van der Waals surface area contributed by atoms with Crippen LogP contribution in [0.5, 0.6) is 11.5 Å². The highest BCUT2D eigenvalue weighted by atomic mass is 16.3. The van der Waals surface area contributed by atoms with Gasteiger partial charge < -0.3 is 21.7 Å². The number of rotatable bonds is 1. The Labute approximate surface area is 92.8 Å². The maximum Gasteiger partial charge on any atom is 0.116 e. The van der Waals surface area contributed by atoms with E-state index in [-0.39, 0.29) is 11.5 Å². The van der Waals surface area contributed by atoms with Crippen LogP contribution in [0.2, 0.25) is 0 Å². The number of phenolic OH excluding ortho intramolecular Hbond substituents is 2. The van der Waals surface area contributed by atoms with Gasteiger partial charge in [-0.05, 0) is 36.4 Å². The van der Waals surface area contributed by atoms with Gasteiger partial charge in [-0.2, -0.15) is 0 Å². The molecule has 16 heavy (non-hydrogen) atoms. The standard InChI is InChI=1S/C12H12N2O2/c13-11-3-1-7(15)5-9(11)10-6-8(16)2-4-12(10)14/h1-6,15-16H,13-14H2. The molecule has 2 aromatic rings. The highest BCUT2D eigenvalue weighted by Gasteiger charge is 2.08. The molecule has 0 unspecified atom stereocenters. The fourth-order valence-electron chi connectivity index (χ4n) is 1.56. The molecule has 0 aliphatic carbocycles. The van der Waals surface area contributed by atoms with E-state index in [4.69, 9.17) is 11.5 Å². The lowest BCUT2D eigenvalue weighted by molar-refractivity contribution is 0.474. The van der Waals surface area contributed by atoms with Gasteiger partial charge in [-0.1, -0.05) is 0 Å². The smallest absolute Gasteiger partial charge is 0.116 e. The zero-order chi connectivity index (χ0) is 11.7. The lowest BCUT2D eigenvalue weighted by atomic mass is 10.0. The third-order valence-electron chi connectivity index (χ3n) is 2.36. The summed E-state index contributed by atoms with van der Waals surface area (Å²) in [5.41, 5.74) is 13.8. The number of aromatic hydroxyl groups is 2. The molecule has 0 atom stereocenters. The number of nitrogen functional groups attached to an aromatic ring is 2.